The summed E-state index contributed by atoms with van der Waals surface area (Å²) in [7, 11) is 0. The zero-order valence-electron chi connectivity index (χ0n) is 6.25. The predicted octanol–water partition coefficient (Wildman–Crippen LogP) is -1.72. The lowest BCUT2D eigenvalue weighted by Crippen LogP contribution is -2.44. The molecule has 0 aromatic rings. The van der Waals surface area contributed by atoms with E-state index in [4.69, 9.17) is 15.9 Å². The Hall–Kier alpha value is -0.160. The number of aliphatic hydroxyl groups excluding tert-OH is 2. The Bertz CT molecular complexity index is 76.1. The first-order valence-electron chi connectivity index (χ1n) is 3.42. The molecule has 5 N–H and O–H groups in total. The monoisotopic (exact) mass is 148 g/mol. The molecule has 0 amide bonds. The third kappa shape index (κ3) is 3.79. The van der Waals surface area contributed by atoms with Gasteiger partial charge in [0.1, 0.15) is 0 Å². The summed E-state index contributed by atoms with van der Waals surface area (Å²) in [5.74, 6) is 0. The molecular formula is C6H16N2O2. The van der Waals surface area contributed by atoms with Crippen molar-refractivity contribution in [1.29, 1.82) is 0 Å². The Morgan fingerprint density at radius 2 is 1.90 bits per heavy atom. The summed E-state index contributed by atoms with van der Waals surface area (Å²) in [4.78, 5) is 0. The van der Waals surface area contributed by atoms with Crippen LogP contribution >= 0.6 is 0 Å². The average Bonchev–Trinajstić information content (AvgIpc) is 1.99. The highest BCUT2D eigenvalue weighted by Gasteiger charge is 2.07. The summed E-state index contributed by atoms with van der Waals surface area (Å²) in [5.41, 5.74) is 5.30. The number of aliphatic hydroxyl groups is 2. The molecule has 0 spiro atoms. The lowest BCUT2D eigenvalue weighted by atomic mass is 10.2. The Kier molecular flexibility index (Phi) is 5.52. The van der Waals surface area contributed by atoms with E-state index >= 15 is 0 Å². The van der Waals surface area contributed by atoms with Crippen LogP contribution in [-0.2, 0) is 0 Å². The second-order valence-corrected chi connectivity index (χ2v) is 2.37. The van der Waals surface area contributed by atoms with Crippen LogP contribution in [0.2, 0.25) is 0 Å². The van der Waals surface area contributed by atoms with Crippen molar-refractivity contribution < 1.29 is 10.2 Å². The quantitative estimate of drug-likeness (QED) is 0.374. The van der Waals surface area contributed by atoms with Gasteiger partial charge in [-0.05, 0) is 6.92 Å². The molecule has 0 heterocycles. The number of rotatable bonds is 5. The van der Waals surface area contributed by atoms with Crippen molar-refractivity contribution in [3.63, 3.8) is 0 Å². The average molecular weight is 148 g/mol. The van der Waals surface area contributed by atoms with Crippen LogP contribution in [0.5, 0.6) is 0 Å². The maximum atomic E-state index is 8.61. The third-order valence-electron chi connectivity index (χ3n) is 1.31. The van der Waals surface area contributed by atoms with Gasteiger partial charge in [0, 0.05) is 12.6 Å². The first-order valence-corrected chi connectivity index (χ1v) is 3.42. The summed E-state index contributed by atoms with van der Waals surface area (Å²) < 4.78 is 0. The topological polar surface area (TPSA) is 78.5 Å². The van der Waals surface area contributed by atoms with E-state index in [9.17, 15) is 0 Å². The maximum Gasteiger partial charge on any atom is 0.0607 e. The second-order valence-electron chi connectivity index (χ2n) is 2.37. The molecule has 4 nitrogen and oxygen atoms in total. The number of nitrogens with two attached hydrogens (primary N) is 1. The van der Waals surface area contributed by atoms with E-state index in [1.165, 1.54) is 0 Å². The summed E-state index contributed by atoms with van der Waals surface area (Å²) in [6, 6.07) is -0.0946. The van der Waals surface area contributed by atoms with Gasteiger partial charge in [-0.25, -0.2) is 0 Å². The molecule has 0 fully saturated rings. The zero-order chi connectivity index (χ0) is 7.98. The molecule has 10 heavy (non-hydrogen) atoms. The van der Waals surface area contributed by atoms with E-state index < -0.39 is 0 Å². The van der Waals surface area contributed by atoms with Crippen LogP contribution in [0.3, 0.4) is 0 Å². The Morgan fingerprint density at radius 3 is 2.20 bits per heavy atom. The molecule has 1 unspecified atom stereocenters. The van der Waals surface area contributed by atoms with Gasteiger partial charge in [-0.3, -0.25) is 0 Å². The molecule has 0 aliphatic carbocycles. The summed E-state index contributed by atoms with van der Waals surface area (Å²) in [6.45, 7) is 2.30. The highest BCUT2D eigenvalue weighted by Crippen LogP contribution is 1.83. The molecular weight excluding hydrogens is 132 g/mol. The molecule has 0 aromatic carbocycles. The van der Waals surface area contributed by atoms with E-state index in [1.54, 1.807) is 0 Å². The lowest BCUT2D eigenvalue weighted by molar-refractivity contribution is 0.164. The first-order chi connectivity index (χ1) is 4.74. The predicted molar refractivity (Wildman–Crippen MR) is 39.6 cm³/mol. The van der Waals surface area contributed by atoms with E-state index in [0.717, 1.165) is 0 Å². The van der Waals surface area contributed by atoms with Crippen LogP contribution in [-0.4, -0.2) is 42.1 Å². The van der Waals surface area contributed by atoms with Crippen LogP contribution in [0.25, 0.3) is 0 Å². The van der Waals surface area contributed by atoms with Crippen LogP contribution < -0.4 is 11.1 Å². The fourth-order valence-corrected chi connectivity index (χ4v) is 0.634. The fraction of sp³-hybridized carbons (Fsp3) is 1.00. The van der Waals surface area contributed by atoms with E-state index in [2.05, 4.69) is 5.32 Å². The number of hydrogen-bond donors (Lipinski definition) is 4. The molecule has 0 aliphatic heterocycles. The van der Waals surface area contributed by atoms with Crippen LogP contribution in [0.4, 0.5) is 0 Å². The molecule has 0 saturated carbocycles. The lowest BCUT2D eigenvalue weighted by Gasteiger charge is -2.17. The molecule has 0 aliphatic rings. The van der Waals surface area contributed by atoms with Gasteiger partial charge in [0.15, 0.2) is 0 Å². The summed E-state index contributed by atoms with van der Waals surface area (Å²) in [5, 5.41) is 20.2. The minimum Gasteiger partial charge on any atom is -0.395 e. The van der Waals surface area contributed by atoms with E-state index in [0.29, 0.717) is 6.54 Å². The van der Waals surface area contributed by atoms with Crippen molar-refractivity contribution in [1.82, 2.24) is 5.32 Å². The SMILES string of the molecule is CC(CN)NC(CO)CO. The summed E-state index contributed by atoms with van der Waals surface area (Å²) in [6.07, 6.45) is 0. The van der Waals surface area contributed by atoms with Gasteiger partial charge in [-0.15, -0.1) is 0 Å². The van der Waals surface area contributed by atoms with Crippen molar-refractivity contribution in [3.8, 4) is 0 Å². The Morgan fingerprint density at radius 1 is 1.40 bits per heavy atom. The molecule has 0 bridgehead atoms. The molecule has 62 valence electrons. The number of hydrogen-bond acceptors (Lipinski definition) is 4. The van der Waals surface area contributed by atoms with Crippen molar-refractivity contribution in [3.05, 3.63) is 0 Å². The molecule has 0 rings (SSSR count). The molecule has 0 saturated heterocycles. The first kappa shape index (κ1) is 9.84. The fourth-order valence-electron chi connectivity index (χ4n) is 0.634. The van der Waals surface area contributed by atoms with Crippen molar-refractivity contribution in [2.45, 2.75) is 19.0 Å². The molecule has 0 aromatic heterocycles. The van der Waals surface area contributed by atoms with E-state index in [-0.39, 0.29) is 25.3 Å². The van der Waals surface area contributed by atoms with Gasteiger partial charge in [-0.1, -0.05) is 0 Å². The van der Waals surface area contributed by atoms with Crippen LogP contribution in [0, 0.1) is 0 Å². The number of nitrogens with one attached hydrogen (secondary N) is 1. The highest BCUT2D eigenvalue weighted by molar-refractivity contribution is 4.69. The van der Waals surface area contributed by atoms with Crippen LogP contribution in [0.1, 0.15) is 6.92 Å². The van der Waals surface area contributed by atoms with Crippen molar-refractivity contribution >= 4 is 0 Å². The van der Waals surface area contributed by atoms with Crippen LogP contribution in [0.15, 0.2) is 0 Å². The van der Waals surface area contributed by atoms with Crippen molar-refractivity contribution in [2.75, 3.05) is 19.8 Å². The van der Waals surface area contributed by atoms with Gasteiger partial charge in [0.05, 0.1) is 19.3 Å². The van der Waals surface area contributed by atoms with Gasteiger partial charge < -0.3 is 21.3 Å². The molecule has 0 radical (unpaired) electrons. The highest BCUT2D eigenvalue weighted by atomic mass is 16.3. The van der Waals surface area contributed by atoms with Gasteiger partial charge in [0.2, 0.25) is 0 Å². The third-order valence-corrected chi connectivity index (χ3v) is 1.31. The largest absolute Gasteiger partial charge is 0.395 e. The second kappa shape index (κ2) is 5.61. The smallest absolute Gasteiger partial charge is 0.0607 e. The minimum absolute atomic E-state index is 0.0547. The molecule has 1 atom stereocenters. The zero-order valence-corrected chi connectivity index (χ0v) is 6.25. The normalized spacial score (nSPS) is 14.1. The summed E-state index contributed by atoms with van der Waals surface area (Å²) >= 11 is 0. The Labute approximate surface area is 61.0 Å². The maximum absolute atomic E-state index is 8.61. The van der Waals surface area contributed by atoms with Gasteiger partial charge in [0.25, 0.3) is 0 Å². The van der Waals surface area contributed by atoms with Crippen molar-refractivity contribution in [2.24, 2.45) is 5.73 Å². The van der Waals surface area contributed by atoms with Gasteiger partial charge >= 0.3 is 0 Å². The molecule has 4 heteroatoms. The standard InChI is InChI=1S/C6H16N2O2/c1-5(2-7)8-6(3-9)4-10/h5-6,8-10H,2-4,7H2,1H3. The Balaban J connectivity index is 3.41. The van der Waals surface area contributed by atoms with Gasteiger partial charge in [-0.2, -0.15) is 0 Å². The minimum atomic E-state index is -0.237. The van der Waals surface area contributed by atoms with E-state index in [1.807, 2.05) is 6.92 Å².